The Morgan fingerprint density at radius 1 is 1.18 bits per heavy atom. The average Bonchev–Trinajstić information content (AvgIpc) is 3.75. The number of tetrazole rings is 1. The summed E-state index contributed by atoms with van der Waals surface area (Å²) in [6, 6.07) is 2.22. The number of hydrogen-bond donors (Lipinski definition) is 2. The Morgan fingerprint density at radius 2 is 1.88 bits per heavy atom. The molecule has 0 bridgehead atoms. The largest absolute Gasteiger partial charge is 0.408 e. The Balaban J connectivity index is 1.35. The number of alkyl halides is 3. The maximum absolute atomic E-state index is 13.6. The highest BCUT2D eigenvalue weighted by molar-refractivity contribution is 6.00. The van der Waals surface area contributed by atoms with Crippen LogP contribution in [0.5, 0.6) is 0 Å². The number of nitrogens with one attached hydrogen (secondary N) is 2. The van der Waals surface area contributed by atoms with Gasteiger partial charge in [0, 0.05) is 18.3 Å². The number of hydrogen-bond acceptors (Lipinski definition) is 8. The van der Waals surface area contributed by atoms with E-state index in [1.54, 1.807) is 23.9 Å². The molecular weight excluding hydrogens is 531 g/mol. The molecule has 0 spiro atoms. The smallest absolute Gasteiger partial charge is 0.339 e. The number of aromatic nitrogens is 7. The van der Waals surface area contributed by atoms with E-state index < -0.39 is 36.5 Å². The van der Waals surface area contributed by atoms with Crippen molar-refractivity contribution in [3.8, 4) is 0 Å². The van der Waals surface area contributed by atoms with Gasteiger partial charge in [-0.1, -0.05) is 12.1 Å². The van der Waals surface area contributed by atoms with Gasteiger partial charge in [0.2, 0.25) is 11.8 Å². The minimum Gasteiger partial charge on any atom is -0.339 e. The third-order valence-corrected chi connectivity index (χ3v) is 7.42. The van der Waals surface area contributed by atoms with Crippen molar-refractivity contribution in [1.29, 1.82) is 0 Å². The van der Waals surface area contributed by atoms with E-state index in [1.807, 2.05) is 13.8 Å². The second-order valence-electron chi connectivity index (χ2n) is 10.8. The first-order valence-electron chi connectivity index (χ1n) is 13.5. The van der Waals surface area contributed by atoms with Gasteiger partial charge in [-0.3, -0.25) is 19.6 Å². The highest BCUT2D eigenvalue weighted by Crippen LogP contribution is 2.51. The first-order chi connectivity index (χ1) is 19.1. The van der Waals surface area contributed by atoms with Gasteiger partial charge >= 0.3 is 6.18 Å². The first-order valence-corrected chi connectivity index (χ1v) is 13.5. The monoisotopic (exact) mass is 563 g/mol. The van der Waals surface area contributed by atoms with Crippen LogP contribution in [0.15, 0.2) is 22.9 Å². The highest BCUT2D eigenvalue weighted by Gasteiger charge is 2.48. The molecule has 15 heteroatoms. The van der Waals surface area contributed by atoms with Gasteiger partial charge in [-0.25, -0.2) is 4.68 Å². The van der Waals surface area contributed by atoms with E-state index in [0.717, 1.165) is 25.7 Å². The summed E-state index contributed by atoms with van der Waals surface area (Å²) in [5.74, 6) is -0.836. The zero-order valence-electron chi connectivity index (χ0n) is 22.4. The molecule has 0 saturated heterocycles. The third-order valence-electron chi connectivity index (χ3n) is 7.42. The normalized spacial score (nSPS) is 17.3. The van der Waals surface area contributed by atoms with Gasteiger partial charge in [-0.2, -0.15) is 18.3 Å². The van der Waals surface area contributed by atoms with Crippen LogP contribution in [0.2, 0.25) is 0 Å². The third kappa shape index (κ3) is 6.17. The molecule has 40 heavy (non-hydrogen) atoms. The standard InChI is InChI=1S/C25H32F3N9O3/c1-4-16(22-32-34-35-36(22)12-25(26,27)28)17-11-19(40-33-17)30-24(39)21(20(14-5-6-14)15-7-8-15)31-23(38)18-9-10-29-37(18)13(2)3/h9-11,13-16,20-21H,4-8,12H2,1-3H3,(H,30,39)(H,31,38)/t16?,21-/m0/s1. The molecule has 1 unspecified atom stereocenters. The fourth-order valence-corrected chi connectivity index (χ4v) is 5.33. The van der Waals surface area contributed by atoms with E-state index in [4.69, 9.17) is 4.52 Å². The van der Waals surface area contributed by atoms with Crippen LogP contribution in [-0.4, -0.2) is 59.2 Å². The zero-order chi connectivity index (χ0) is 28.6. The molecule has 0 aromatic carbocycles. The van der Waals surface area contributed by atoms with Crippen LogP contribution in [0.4, 0.5) is 19.1 Å². The van der Waals surface area contributed by atoms with Crippen LogP contribution in [0.25, 0.3) is 0 Å². The van der Waals surface area contributed by atoms with Crippen LogP contribution in [0, 0.1) is 17.8 Å². The average molecular weight is 564 g/mol. The van der Waals surface area contributed by atoms with Gasteiger partial charge in [0.05, 0.1) is 11.6 Å². The van der Waals surface area contributed by atoms with Crippen molar-refractivity contribution in [1.82, 2.24) is 40.5 Å². The van der Waals surface area contributed by atoms with Crippen molar-refractivity contribution in [3.63, 3.8) is 0 Å². The van der Waals surface area contributed by atoms with E-state index in [9.17, 15) is 22.8 Å². The van der Waals surface area contributed by atoms with E-state index in [0.29, 0.717) is 28.6 Å². The molecular formula is C25H32F3N9O3. The number of carbonyl (C=O) groups excluding carboxylic acids is 2. The maximum Gasteiger partial charge on any atom is 0.408 e. The Bertz CT molecular complexity index is 1330. The van der Waals surface area contributed by atoms with Crippen LogP contribution in [0.3, 0.4) is 0 Å². The second kappa shape index (κ2) is 11.0. The van der Waals surface area contributed by atoms with Crippen LogP contribution in [-0.2, 0) is 11.3 Å². The van der Waals surface area contributed by atoms with Crippen LogP contribution < -0.4 is 10.6 Å². The Morgan fingerprint density at radius 3 is 2.48 bits per heavy atom. The number of anilines is 1. The van der Waals surface area contributed by atoms with E-state index in [1.165, 1.54) is 6.07 Å². The van der Waals surface area contributed by atoms with Gasteiger partial charge in [0.25, 0.3) is 5.91 Å². The van der Waals surface area contributed by atoms with Crippen molar-refractivity contribution in [3.05, 3.63) is 35.5 Å². The van der Waals surface area contributed by atoms with Gasteiger partial charge in [0.15, 0.2) is 5.82 Å². The van der Waals surface area contributed by atoms with Crippen molar-refractivity contribution < 1.29 is 27.3 Å². The fraction of sp³-hybridized carbons (Fsp3) is 0.640. The van der Waals surface area contributed by atoms with Crippen molar-refractivity contribution >= 4 is 17.7 Å². The van der Waals surface area contributed by atoms with Crippen LogP contribution in [0.1, 0.15) is 86.8 Å². The lowest BCUT2D eigenvalue weighted by atomic mass is 9.88. The number of halogens is 3. The Labute approximate surface area is 228 Å². The lowest BCUT2D eigenvalue weighted by Gasteiger charge is -2.27. The summed E-state index contributed by atoms with van der Waals surface area (Å²) < 4.78 is 46.6. The summed E-state index contributed by atoms with van der Waals surface area (Å²) in [7, 11) is 0. The van der Waals surface area contributed by atoms with Gasteiger partial charge in [0.1, 0.15) is 18.3 Å². The number of rotatable bonds is 12. The molecule has 2 atom stereocenters. The SMILES string of the molecule is CCC(c1cc(NC(=O)[C@@H](NC(=O)c2ccnn2C(C)C)C(C2CC2)C2CC2)on1)c1nnnn1CC(F)(F)F. The summed E-state index contributed by atoms with van der Waals surface area (Å²) in [5, 5.41) is 24.5. The summed E-state index contributed by atoms with van der Waals surface area (Å²) in [6.07, 6.45) is 1.39. The van der Waals surface area contributed by atoms with Gasteiger partial charge in [-0.05, 0) is 80.2 Å². The molecule has 216 valence electrons. The molecule has 3 aromatic heterocycles. The van der Waals surface area contributed by atoms with Gasteiger partial charge in [-0.15, -0.1) is 5.10 Å². The van der Waals surface area contributed by atoms with E-state index in [2.05, 4.69) is 36.4 Å². The highest BCUT2D eigenvalue weighted by atomic mass is 19.4. The lowest BCUT2D eigenvalue weighted by molar-refractivity contribution is -0.143. The molecule has 2 amide bonds. The summed E-state index contributed by atoms with van der Waals surface area (Å²) in [5.41, 5.74) is 0.640. The van der Waals surface area contributed by atoms with E-state index >= 15 is 0 Å². The fourth-order valence-electron chi connectivity index (χ4n) is 5.33. The van der Waals surface area contributed by atoms with Crippen molar-refractivity contribution in [2.45, 2.75) is 83.6 Å². The Kier molecular flexibility index (Phi) is 7.64. The number of amides is 2. The zero-order valence-corrected chi connectivity index (χ0v) is 22.4. The summed E-state index contributed by atoms with van der Waals surface area (Å²) in [4.78, 5) is 26.9. The molecule has 5 rings (SSSR count). The molecule has 0 aliphatic heterocycles. The van der Waals surface area contributed by atoms with Crippen molar-refractivity contribution in [2.24, 2.45) is 17.8 Å². The summed E-state index contributed by atoms with van der Waals surface area (Å²) in [6.45, 7) is 4.25. The lowest BCUT2D eigenvalue weighted by Crippen LogP contribution is -2.50. The maximum atomic E-state index is 13.6. The molecule has 0 radical (unpaired) electrons. The molecule has 2 aliphatic carbocycles. The van der Waals surface area contributed by atoms with E-state index in [-0.39, 0.29) is 29.4 Å². The molecule has 3 aromatic rings. The predicted octanol–water partition coefficient (Wildman–Crippen LogP) is 3.72. The topological polar surface area (TPSA) is 146 Å². The minimum absolute atomic E-state index is 0.0135. The molecule has 2 fully saturated rings. The molecule has 2 N–H and O–H groups in total. The number of nitrogens with zero attached hydrogens (tertiary/aromatic N) is 7. The molecule has 2 saturated carbocycles. The Hall–Kier alpha value is -3.78. The quantitative estimate of drug-likeness (QED) is 0.339. The van der Waals surface area contributed by atoms with Crippen molar-refractivity contribution in [2.75, 3.05) is 5.32 Å². The minimum atomic E-state index is -4.50. The number of carbonyl (C=O) groups is 2. The van der Waals surface area contributed by atoms with Crippen LogP contribution >= 0.6 is 0 Å². The predicted molar refractivity (Wildman–Crippen MR) is 134 cm³/mol. The van der Waals surface area contributed by atoms with Gasteiger partial charge < -0.3 is 9.84 Å². The molecule has 2 aliphatic rings. The first kappa shape index (κ1) is 27.8. The second-order valence-corrected chi connectivity index (χ2v) is 10.8. The molecule has 12 nitrogen and oxygen atoms in total. The molecule has 3 heterocycles. The summed E-state index contributed by atoms with van der Waals surface area (Å²) >= 11 is 0.